The first-order chi connectivity index (χ1) is 14.1. The number of hydroxylamine groups is 1. The van der Waals surface area contributed by atoms with Crippen molar-refractivity contribution < 1.29 is 19.5 Å². The highest BCUT2D eigenvalue weighted by molar-refractivity contribution is 6.04. The van der Waals surface area contributed by atoms with Crippen molar-refractivity contribution in [3.63, 3.8) is 0 Å². The standard InChI is InChI=1S/C21H24N4O4/c22-21(27)18-7-5-6-15-14-25(23-20(15)18)16-9-11-17(12-10-16)29-13-4-2-1-3-8-19(26)24-28/h5-7,9-12,14,28H,1-4,8,13H2,(H2,22,27)(H,24,26). The van der Waals surface area contributed by atoms with E-state index in [0.717, 1.165) is 42.5 Å². The van der Waals surface area contributed by atoms with Crippen LogP contribution in [-0.2, 0) is 4.79 Å². The van der Waals surface area contributed by atoms with Gasteiger partial charge in [0.25, 0.3) is 5.91 Å². The van der Waals surface area contributed by atoms with Crippen LogP contribution in [0.15, 0.2) is 48.7 Å². The van der Waals surface area contributed by atoms with Gasteiger partial charge < -0.3 is 10.5 Å². The first-order valence-corrected chi connectivity index (χ1v) is 9.53. The molecule has 152 valence electrons. The number of benzene rings is 2. The molecule has 4 N–H and O–H groups in total. The summed E-state index contributed by atoms with van der Waals surface area (Å²) in [6.07, 6.45) is 5.70. The van der Waals surface area contributed by atoms with Crippen LogP contribution in [0.25, 0.3) is 16.6 Å². The third kappa shape index (κ3) is 5.32. The molecule has 8 nitrogen and oxygen atoms in total. The summed E-state index contributed by atoms with van der Waals surface area (Å²) < 4.78 is 7.46. The fourth-order valence-corrected chi connectivity index (χ4v) is 3.06. The zero-order chi connectivity index (χ0) is 20.6. The molecule has 29 heavy (non-hydrogen) atoms. The Bertz CT molecular complexity index is 982. The summed E-state index contributed by atoms with van der Waals surface area (Å²) in [6, 6.07) is 12.9. The van der Waals surface area contributed by atoms with Crippen LogP contribution in [0.1, 0.15) is 42.5 Å². The Morgan fingerprint density at radius 3 is 2.55 bits per heavy atom. The molecule has 0 aliphatic carbocycles. The molecule has 0 aliphatic rings. The maximum atomic E-state index is 11.6. The van der Waals surface area contributed by atoms with Crippen LogP contribution in [0.3, 0.4) is 0 Å². The van der Waals surface area contributed by atoms with Gasteiger partial charge in [-0.15, -0.1) is 0 Å². The summed E-state index contributed by atoms with van der Waals surface area (Å²) in [4.78, 5) is 22.5. The molecule has 2 amide bonds. The molecule has 0 saturated carbocycles. The van der Waals surface area contributed by atoms with E-state index in [1.165, 1.54) is 0 Å². The van der Waals surface area contributed by atoms with Gasteiger partial charge in [-0.05, 0) is 43.2 Å². The van der Waals surface area contributed by atoms with Crippen molar-refractivity contribution in [2.24, 2.45) is 5.73 Å². The molecule has 2 aromatic carbocycles. The highest BCUT2D eigenvalue weighted by Crippen LogP contribution is 2.21. The molecule has 0 fully saturated rings. The monoisotopic (exact) mass is 396 g/mol. The number of rotatable bonds is 10. The molecule has 8 heteroatoms. The van der Waals surface area contributed by atoms with Crippen LogP contribution in [0.2, 0.25) is 0 Å². The Labute approximate surface area is 168 Å². The maximum absolute atomic E-state index is 11.6. The number of ether oxygens (including phenoxy) is 1. The van der Waals surface area contributed by atoms with E-state index in [0.29, 0.717) is 24.1 Å². The molecule has 3 rings (SSSR count). The van der Waals surface area contributed by atoms with Crippen molar-refractivity contribution in [1.29, 1.82) is 0 Å². The number of nitrogens with two attached hydrogens (primary N) is 1. The molecule has 0 radical (unpaired) electrons. The molecule has 0 aliphatic heterocycles. The predicted molar refractivity (Wildman–Crippen MR) is 108 cm³/mol. The quantitative estimate of drug-likeness (QED) is 0.276. The second kappa shape index (κ2) is 9.70. The van der Waals surface area contributed by atoms with Crippen LogP contribution in [-0.4, -0.2) is 33.4 Å². The lowest BCUT2D eigenvalue weighted by Gasteiger charge is -2.07. The van der Waals surface area contributed by atoms with Crippen LogP contribution < -0.4 is 16.0 Å². The number of unbranched alkanes of at least 4 members (excludes halogenated alkanes) is 3. The van der Waals surface area contributed by atoms with Gasteiger partial charge in [0, 0.05) is 18.0 Å². The lowest BCUT2D eigenvalue weighted by Crippen LogP contribution is -2.17. The van der Waals surface area contributed by atoms with Gasteiger partial charge in [-0.1, -0.05) is 25.0 Å². The van der Waals surface area contributed by atoms with Crippen molar-refractivity contribution in [3.05, 3.63) is 54.2 Å². The fraction of sp³-hybridized carbons (Fsp3) is 0.286. The van der Waals surface area contributed by atoms with Crippen molar-refractivity contribution in [2.75, 3.05) is 6.61 Å². The number of carbonyl (C=O) groups excluding carboxylic acids is 2. The molecule has 0 bridgehead atoms. The number of hydrogen-bond acceptors (Lipinski definition) is 5. The lowest BCUT2D eigenvalue weighted by molar-refractivity contribution is -0.129. The minimum absolute atomic E-state index is 0.336. The third-order valence-corrected chi connectivity index (χ3v) is 4.59. The topological polar surface area (TPSA) is 119 Å². The summed E-state index contributed by atoms with van der Waals surface area (Å²) in [5.41, 5.74) is 8.88. The number of fused-ring (bicyclic) bond motifs is 1. The van der Waals surface area contributed by atoms with Crippen LogP contribution in [0.5, 0.6) is 5.75 Å². The van der Waals surface area contributed by atoms with E-state index in [2.05, 4.69) is 5.10 Å². The maximum Gasteiger partial charge on any atom is 0.250 e. The second-order valence-corrected chi connectivity index (χ2v) is 6.72. The summed E-state index contributed by atoms with van der Waals surface area (Å²) in [5.74, 6) is -0.0820. The normalized spacial score (nSPS) is 10.8. The SMILES string of the molecule is NC(=O)c1cccc2cn(-c3ccc(OCCCCCCC(=O)NO)cc3)nc12. The van der Waals surface area contributed by atoms with Crippen molar-refractivity contribution in [2.45, 2.75) is 32.1 Å². The van der Waals surface area contributed by atoms with Crippen LogP contribution >= 0.6 is 0 Å². The molecular weight excluding hydrogens is 372 g/mol. The molecule has 3 aromatic rings. The minimum atomic E-state index is -0.499. The summed E-state index contributed by atoms with van der Waals surface area (Å²) >= 11 is 0. The van der Waals surface area contributed by atoms with Gasteiger partial charge >= 0.3 is 0 Å². The molecule has 0 spiro atoms. The number of carbonyl (C=O) groups is 2. The number of aromatic nitrogens is 2. The fourth-order valence-electron chi connectivity index (χ4n) is 3.06. The smallest absolute Gasteiger partial charge is 0.250 e. The van der Waals surface area contributed by atoms with Crippen LogP contribution in [0, 0.1) is 0 Å². The Morgan fingerprint density at radius 2 is 1.83 bits per heavy atom. The Kier molecular flexibility index (Phi) is 6.80. The van der Waals surface area contributed by atoms with E-state index >= 15 is 0 Å². The van der Waals surface area contributed by atoms with Gasteiger partial charge in [-0.25, -0.2) is 10.2 Å². The zero-order valence-electron chi connectivity index (χ0n) is 16.0. The lowest BCUT2D eigenvalue weighted by atomic mass is 10.1. The van der Waals surface area contributed by atoms with E-state index in [4.69, 9.17) is 15.7 Å². The van der Waals surface area contributed by atoms with Gasteiger partial charge in [-0.3, -0.25) is 14.8 Å². The average Bonchev–Trinajstić information content (AvgIpc) is 3.17. The summed E-state index contributed by atoms with van der Waals surface area (Å²) in [6.45, 7) is 0.596. The molecular formula is C21H24N4O4. The van der Waals surface area contributed by atoms with Crippen molar-refractivity contribution in [1.82, 2.24) is 15.3 Å². The average molecular weight is 396 g/mol. The number of amides is 2. The molecule has 0 saturated heterocycles. The van der Waals surface area contributed by atoms with Gasteiger partial charge in [0.05, 0.1) is 17.9 Å². The molecule has 1 aromatic heterocycles. The van der Waals surface area contributed by atoms with Gasteiger partial charge in [0.1, 0.15) is 11.3 Å². The zero-order valence-corrected chi connectivity index (χ0v) is 16.0. The number of nitrogens with zero attached hydrogens (tertiary/aromatic N) is 2. The van der Waals surface area contributed by atoms with E-state index in [9.17, 15) is 9.59 Å². The van der Waals surface area contributed by atoms with Crippen molar-refractivity contribution in [3.8, 4) is 11.4 Å². The Hall–Kier alpha value is -3.39. The first-order valence-electron chi connectivity index (χ1n) is 9.53. The molecule has 0 atom stereocenters. The minimum Gasteiger partial charge on any atom is -0.494 e. The number of hydrogen-bond donors (Lipinski definition) is 3. The third-order valence-electron chi connectivity index (χ3n) is 4.59. The summed E-state index contributed by atoms with van der Waals surface area (Å²) in [5, 5.41) is 13.8. The first kappa shape index (κ1) is 20.3. The summed E-state index contributed by atoms with van der Waals surface area (Å²) in [7, 11) is 0. The highest BCUT2D eigenvalue weighted by Gasteiger charge is 2.11. The Morgan fingerprint density at radius 1 is 1.07 bits per heavy atom. The van der Waals surface area contributed by atoms with E-state index < -0.39 is 5.91 Å². The van der Waals surface area contributed by atoms with E-state index in [-0.39, 0.29) is 5.91 Å². The Balaban J connectivity index is 1.52. The van der Waals surface area contributed by atoms with Gasteiger partial charge in [0.15, 0.2) is 0 Å². The number of primary amides is 1. The van der Waals surface area contributed by atoms with E-state index in [1.807, 2.05) is 36.5 Å². The van der Waals surface area contributed by atoms with Crippen LogP contribution in [0.4, 0.5) is 0 Å². The van der Waals surface area contributed by atoms with Gasteiger partial charge in [-0.2, -0.15) is 5.10 Å². The predicted octanol–water partition coefficient (Wildman–Crippen LogP) is 2.96. The molecule has 0 unspecified atom stereocenters. The van der Waals surface area contributed by atoms with E-state index in [1.54, 1.807) is 22.3 Å². The second-order valence-electron chi connectivity index (χ2n) is 6.72. The number of nitrogens with one attached hydrogen (secondary N) is 1. The van der Waals surface area contributed by atoms with Gasteiger partial charge in [0.2, 0.25) is 5.91 Å². The largest absolute Gasteiger partial charge is 0.494 e. The molecule has 1 heterocycles. The van der Waals surface area contributed by atoms with Crippen molar-refractivity contribution >= 4 is 22.7 Å². The highest BCUT2D eigenvalue weighted by atomic mass is 16.5.